The quantitative estimate of drug-likeness (QED) is 0.224. The molecule has 0 saturated heterocycles. The van der Waals surface area contributed by atoms with Crippen LogP contribution in [0.25, 0.3) is 0 Å². The summed E-state index contributed by atoms with van der Waals surface area (Å²) in [5, 5.41) is 24.1. The van der Waals surface area contributed by atoms with Gasteiger partial charge in [0.05, 0.1) is 25.8 Å². The molecule has 1 saturated carbocycles. The van der Waals surface area contributed by atoms with Gasteiger partial charge in [-0.2, -0.15) is 0 Å². The number of alkyl carbamates (subject to hydrolysis) is 1. The van der Waals surface area contributed by atoms with Crippen LogP contribution in [-0.4, -0.2) is 53.1 Å². The first-order valence-electron chi connectivity index (χ1n) is 14.7. The van der Waals surface area contributed by atoms with Crippen LogP contribution in [-0.2, 0) is 30.7 Å². The molecule has 8 nitrogen and oxygen atoms in total. The largest absolute Gasteiger partial charge is 0.497 e. The zero-order valence-electron chi connectivity index (χ0n) is 24.3. The molecular weight excluding hydrogens is 532 g/mol. The van der Waals surface area contributed by atoms with Crippen molar-refractivity contribution >= 4 is 12.2 Å². The fourth-order valence-corrected chi connectivity index (χ4v) is 5.62. The Morgan fingerprint density at radius 3 is 2.33 bits per heavy atom. The van der Waals surface area contributed by atoms with Gasteiger partial charge in [0.15, 0.2) is 0 Å². The molecular formula is C34H42N2O6. The second-order valence-electron chi connectivity index (χ2n) is 11.1. The summed E-state index contributed by atoms with van der Waals surface area (Å²) in [4.78, 5) is 26.1. The van der Waals surface area contributed by atoms with Crippen LogP contribution >= 0.6 is 0 Å². The molecule has 3 N–H and O–H groups in total. The van der Waals surface area contributed by atoms with Crippen LogP contribution < -0.4 is 10.1 Å². The summed E-state index contributed by atoms with van der Waals surface area (Å²) >= 11 is 0. The molecule has 4 rings (SSSR count). The van der Waals surface area contributed by atoms with E-state index in [2.05, 4.69) is 17.4 Å². The topological polar surface area (TPSA) is 108 Å². The fourth-order valence-electron chi connectivity index (χ4n) is 5.62. The normalized spacial score (nSPS) is 14.9. The Kier molecular flexibility index (Phi) is 11.6. The molecule has 1 aliphatic carbocycles. The third-order valence-electron chi connectivity index (χ3n) is 7.86. The third-order valence-corrected chi connectivity index (χ3v) is 7.86. The maximum Gasteiger partial charge on any atom is 0.407 e. The van der Waals surface area contributed by atoms with Gasteiger partial charge in [0, 0.05) is 6.54 Å². The molecule has 2 amide bonds. The van der Waals surface area contributed by atoms with Crippen molar-refractivity contribution in [2.75, 3.05) is 13.7 Å². The molecule has 224 valence electrons. The average molecular weight is 575 g/mol. The first-order chi connectivity index (χ1) is 20.4. The number of nitrogens with zero attached hydrogens (tertiary/aromatic N) is 1. The van der Waals surface area contributed by atoms with Crippen molar-refractivity contribution in [1.82, 2.24) is 10.2 Å². The molecule has 0 aliphatic heterocycles. The minimum Gasteiger partial charge on any atom is -0.497 e. The Hall–Kier alpha value is -4.04. The standard InChI is InChI=1S/C34H42N2O6/c1-41-30-17-9-16-29(20-30)22-36(34(39)40)23-32(37)31(35-33(38)42-24-26-12-6-3-7-13-26)21-28-15-8-14-27(19-28)18-25-10-4-2-5-11-25/h3,6-9,12-17,19-20,25,31-32,37H,2,4-5,10-11,18,21-24H2,1H3,(H,35,38)(H,39,40)/t31-,32+/m0/s1. The van der Waals surface area contributed by atoms with E-state index in [1.165, 1.54) is 37.7 Å². The summed E-state index contributed by atoms with van der Waals surface area (Å²) in [7, 11) is 1.55. The van der Waals surface area contributed by atoms with Gasteiger partial charge < -0.3 is 29.9 Å². The minimum atomic E-state index is -1.18. The number of hydrogen-bond acceptors (Lipinski definition) is 5. The van der Waals surface area contributed by atoms with E-state index < -0.39 is 24.3 Å². The molecule has 3 aromatic carbocycles. The minimum absolute atomic E-state index is 0.0612. The van der Waals surface area contributed by atoms with E-state index in [0.717, 1.165) is 28.0 Å². The summed E-state index contributed by atoms with van der Waals surface area (Å²) in [6.07, 6.45) is 4.69. The van der Waals surface area contributed by atoms with E-state index in [1.807, 2.05) is 42.5 Å². The SMILES string of the molecule is COc1cccc(CN(C[C@@H](O)[C@H](Cc2cccc(CC3CCCCC3)c2)NC(=O)OCc2ccccc2)C(=O)O)c1. The lowest BCUT2D eigenvalue weighted by atomic mass is 9.84. The van der Waals surface area contributed by atoms with Crippen molar-refractivity contribution < 1.29 is 29.3 Å². The molecule has 1 aliphatic rings. The number of amides is 2. The van der Waals surface area contributed by atoms with Crippen LogP contribution in [0.2, 0.25) is 0 Å². The Bertz CT molecular complexity index is 1280. The van der Waals surface area contributed by atoms with Crippen LogP contribution in [0.5, 0.6) is 5.75 Å². The van der Waals surface area contributed by atoms with Crippen LogP contribution in [0.4, 0.5) is 9.59 Å². The summed E-state index contributed by atoms with van der Waals surface area (Å²) in [6, 6.07) is 24.0. The molecule has 1 fully saturated rings. The van der Waals surface area contributed by atoms with E-state index in [9.17, 15) is 19.8 Å². The molecule has 8 heteroatoms. The highest BCUT2D eigenvalue weighted by atomic mass is 16.5. The zero-order valence-corrected chi connectivity index (χ0v) is 24.3. The number of rotatable bonds is 13. The lowest BCUT2D eigenvalue weighted by molar-refractivity contribution is 0.0657. The third kappa shape index (κ3) is 9.80. The Balaban J connectivity index is 1.47. The number of methoxy groups -OCH3 is 1. The van der Waals surface area contributed by atoms with Gasteiger partial charge in [0.25, 0.3) is 0 Å². The van der Waals surface area contributed by atoms with Gasteiger partial charge >= 0.3 is 12.2 Å². The van der Waals surface area contributed by atoms with Crippen molar-refractivity contribution in [3.63, 3.8) is 0 Å². The van der Waals surface area contributed by atoms with E-state index in [4.69, 9.17) is 9.47 Å². The lowest BCUT2D eigenvalue weighted by Crippen LogP contribution is -2.50. The van der Waals surface area contributed by atoms with E-state index in [1.54, 1.807) is 31.4 Å². The van der Waals surface area contributed by atoms with Gasteiger partial charge in [-0.3, -0.25) is 0 Å². The average Bonchev–Trinajstić information content (AvgIpc) is 3.00. The number of ether oxygens (including phenoxy) is 2. The smallest absolute Gasteiger partial charge is 0.407 e. The molecule has 0 spiro atoms. The molecule has 2 atom stereocenters. The number of aliphatic hydroxyl groups is 1. The van der Waals surface area contributed by atoms with Crippen LogP contribution in [0.1, 0.15) is 54.4 Å². The molecule has 0 radical (unpaired) electrons. The Labute approximate surface area is 248 Å². The number of aliphatic hydroxyl groups excluding tert-OH is 1. The Morgan fingerprint density at radius 1 is 0.905 bits per heavy atom. The summed E-state index contributed by atoms with van der Waals surface area (Å²) in [5.74, 6) is 1.30. The maximum atomic E-state index is 12.8. The van der Waals surface area contributed by atoms with Crippen molar-refractivity contribution in [3.05, 3.63) is 101 Å². The first-order valence-corrected chi connectivity index (χ1v) is 14.7. The number of hydrogen-bond donors (Lipinski definition) is 3. The second kappa shape index (κ2) is 15.8. The second-order valence-corrected chi connectivity index (χ2v) is 11.1. The number of nitrogens with one attached hydrogen (secondary N) is 1. The fraction of sp³-hybridized carbons (Fsp3) is 0.412. The van der Waals surface area contributed by atoms with Crippen LogP contribution in [0, 0.1) is 5.92 Å². The first kappa shape index (κ1) is 30.9. The van der Waals surface area contributed by atoms with Crippen molar-refractivity contribution in [3.8, 4) is 5.75 Å². The highest BCUT2D eigenvalue weighted by Gasteiger charge is 2.27. The van der Waals surface area contributed by atoms with E-state index in [-0.39, 0.29) is 19.7 Å². The molecule has 0 unspecified atom stereocenters. The summed E-state index contributed by atoms with van der Waals surface area (Å²) in [5.41, 5.74) is 3.77. The highest BCUT2D eigenvalue weighted by Crippen LogP contribution is 2.27. The number of benzene rings is 3. The van der Waals surface area contributed by atoms with Gasteiger partial charge in [0.1, 0.15) is 12.4 Å². The molecule has 3 aromatic rings. The monoisotopic (exact) mass is 574 g/mol. The highest BCUT2D eigenvalue weighted by molar-refractivity contribution is 5.68. The van der Waals surface area contributed by atoms with Crippen LogP contribution in [0.3, 0.4) is 0 Å². The summed E-state index contributed by atoms with van der Waals surface area (Å²) in [6.45, 7) is -0.0486. The van der Waals surface area contributed by atoms with Gasteiger partial charge in [-0.1, -0.05) is 98.8 Å². The van der Waals surface area contributed by atoms with Gasteiger partial charge in [-0.25, -0.2) is 9.59 Å². The van der Waals surface area contributed by atoms with E-state index >= 15 is 0 Å². The Morgan fingerprint density at radius 2 is 1.60 bits per heavy atom. The molecule has 0 bridgehead atoms. The number of carbonyl (C=O) groups excluding carboxylic acids is 1. The van der Waals surface area contributed by atoms with Gasteiger partial charge in [-0.15, -0.1) is 0 Å². The molecule has 42 heavy (non-hydrogen) atoms. The zero-order chi connectivity index (χ0) is 29.7. The predicted octanol–water partition coefficient (Wildman–Crippen LogP) is 6.20. The number of carboxylic acid groups (broad SMARTS) is 1. The summed E-state index contributed by atoms with van der Waals surface area (Å²) < 4.78 is 10.7. The molecule has 0 aromatic heterocycles. The van der Waals surface area contributed by atoms with Gasteiger partial charge in [-0.05, 0) is 53.1 Å². The number of carbonyl (C=O) groups is 2. The van der Waals surface area contributed by atoms with E-state index in [0.29, 0.717) is 18.1 Å². The predicted molar refractivity (Wildman–Crippen MR) is 161 cm³/mol. The van der Waals surface area contributed by atoms with Crippen molar-refractivity contribution in [1.29, 1.82) is 0 Å². The van der Waals surface area contributed by atoms with Crippen LogP contribution in [0.15, 0.2) is 78.9 Å². The maximum absolute atomic E-state index is 12.8. The van der Waals surface area contributed by atoms with Crippen molar-refractivity contribution in [2.45, 2.75) is 70.2 Å². The van der Waals surface area contributed by atoms with Crippen molar-refractivity contribution in [2.24, 2.45) is 5.92 Å². The molecule has 0 heterocycles. The van der Waals surface area contributed by atoms with Gasteiger partial charge in [0.2, 0.25) is 0 Å². The lowest BCUT2D eigenvalue weighted by Gasteiger charge is -2.29.